The van der Waals surface area contributed by atoms with Gasteiger partial charge in [-0.1, -0.05) is 53.4 Å². The average molecular weight is 613 g/mol. The van der Waals surface area contributed by atoms with Crippen molar-refractivity contribution in [2.45, 2.75) is 72.8 Å². The molecule has 8 nitrogen and oxygen atoms in total. The molecule has 3 aliphatic carbocycles. The summed E-state index contributed by atoms with van der Waals surface area (Å²) in [5.41, 5.74) is -3.54. The number of fused-ring (bicyclic) bond motifs is 3. The van der Waals surface area contributed by atoms with Crippen molar-refractivity contribution >= 4 is 23.1 Å². The molecule has 1 saturated carbocycles. The van der Waals surface area contributed by atoms with Crippen LogP contribution >= 0.6 is 0 Å². The Bertz CT molecular complexity index is 1780. The number of carbonyl (C=O) groups excluding carboxylic acids is 3. The van der Waals surface area contributed by atoms with Gasteiger partial charge in [-0.2, -0.15) is 0 Å². The Labute approximate surface area is 263 Å². The van der Waals surface area contributed by atoms with Crippen molar-refractivity contribution in [3.05, 3.63) is 75.1 Å². The van der Waals surface area contributed by atoms with Gasteiger partial charge < -0.3 is 25.2 Å². The highest BCUT2D eigenvalue weighted by molar-refractivity contribution is 6.24. The topological polar surface area (TPSA) is 141 Å². The third-order valence-electron chi connectivity index (χ3n) is 10.1. The Kier molecular flexibility index (Phi) is 7.57. The zero-order valence-corrected chi connectivity index (χ0v) is 27.0. The van der Waals surface area contributed by atoms with Gasteiger partial charge >= 0.3 is 0 Å². The van der Waals surface area contributed by atoms with Crippen molar-refractivity contribution < 1.29 is 39.5 Å². The summed E-state index contributed by atoms with van der Waals surface area (Å²) in [6, 6.07) is 8.90. The van der Waals surface area contributed by atoms with Gasteiger partial charge in [0.2, 0.25) is 5.78 Å². The van der Waals surface area contributed by atoms with E-state index in [0.717, 1.165) is 12.5 Å². The molecule has 2 aromatic carbocycles. The summed E-state index contributed by atoms with van der Waals surface area (Å²) >= 11 is 0. The second-order valence-corrected chi connectivity index (χ2v) is 13.8. The van der Waals surface area contributed by atoms with E-state index in [-0.39, 0.29) is 47.1 Å². The van der Waals surface area contributed by atoms with Crippen LogP contribution in [0.15, 0.2) is 47.2 Å². The minimum atomic E-state index is -2.65. The molecule has 4 N–H and O–H groups in total. The molecule has 5 rings (SSSR count). The summed E-state index contributed by atoms with van der Waals surface area (Å²) in [4.78, 5) is 40.9. The highest BCUT2D eigenvalue weighted by Crippen LogP contribution is 2.65. The smallest absolute Gasteiger partial charge is 0.203 e. The number of methoxy groups -OCH3 is 1. The lowest BCUT2D eigenvalue weighted by molar-refractivity contribution is -0.178. The fraction of sp³-hybridized carbons (Fsp3) is 0.432. The molecule has 4 atom stereocenters. The number of rotatable bonds is 4. The Morgan fingerprint density at radius 2 is 1.64 bits per heavy atom. The van der Waals surface area contributed by atoms with Crippen LogP contribution in [0.4, 0.5) is 0 Å². The van der Waals surface area contributed by atoms with Gasteiger partial charge in [0.25, 0.3) is 0 Å². The molecular weight excluding hydrogens is 572 g/mol. The summed E-state index contributed by atoms with van der Waals surface area (Å²) in [6.07, 6.45) is 0.262. The van der Waals surface area contributed by atoms with Gasteiger partial charge in [-0.15, -0.1) is 0 Å². The molecular formula is C37H40O8. The van der Waals surface area contributed by atoms with E-state index in [9.17, 15) is 34.8 Å². The SMILES string of the molecule is COc1ccc(C#Cc2cc(C(C)C)c3c(c2O)C(O)=C2C(=O)[C@@]4(O)C(O)=C(C(C)=O)C(=O)C(C(C)C)[C@@]4(C)C[C@@]2(C)C3)cc1. The van der Waals surface area contributed by atoms with Gasteiger partial charge in [-0.05, 0) is 73.1 Å². The van der Waals surface area contributed by atoms with E-state index < -0.39 is 56.8 Å². The molecule has 0 aromatic heterocycles. The van der Waals surface area contributed by atoms with Crippen LogP contribution < -0.4 is 4.74 Å². The zero-order chi connectivity index (χ0) is 33.4. The molecule has 0 radical (unpaired) electrons. The number of allylic oxidation sites excluding steroid dienone is 1. The second kappa shape index (κ2) is 10.6. The Morgan fingerprint density at radius 3 is 2.18 bits per heavy atom. The predicted octanol–water partition coefficient (Wildman–Crippen LogP) is 5.72. The van der Waals surface area contributed by atoms with E-state index in [2.05, 4.69) is 11.8 Å². The minimum absolute atomic E-state index is 0.0439. The fourth-order valence-electron chi connectivity index (χ4n) is 8.24. The lowest BCUT2D eigenvalue weighted by atomic mass is 9.43. The van der Waals surface area contributed by atoms with Crippen molar-refractivity contribution in [3.8, 4) is 23.3 Å². The second-order valence-electron chi connectivity index (χ2n) is 13.8. The molecule has 3 aliphatic rings. The number of hydrogen-bond acceptors (Lipinski definition) is 8. The van der Waals surface area contributed by atoms with Crippen molar-refractivity contribution in [2.75, 3.05) is 7.11 Å². The summed E-state index contributed by atoms with van der Waals surface area (Å²) < 4.78 is 5.20. The molecule has 8 heteroatoms. The van der Waals surface area contributed by atoms with Crippen LogP contribution in [0.25, 0.3) is 5.76 Å². The first-order chi connectivity index (χ1) is 20.9. The van der Waals surface area contributed by atoms with Gasteiger partial charge in [-0.25, -0.2) is 0 Å². The van der Waals surface area contributed by atoms with Crippen molar-refractivity contribution in [2.24, 2.45) is 22.7 Å². The standard InChI is InChI=1S/C37H40O8/c1-18(2)24-15-22(12-9-21-10-13-23(45-8)14-11-21)30(39)27-25(24)16-35(6)17-36(7)28(19(3)4)31(40)26(20(5)38)33(42)37(36,44)34(43)29(35)32(27)41/h10-11,13-15,18-19,28,39,41-42,44H,16-17H2,1-8H3/t28?,35-,36-,37+/m1/s1. The number of aromatic hydroxyl groups is 1. The summed E-state index contributed by atoms with van der Waals surface area (Å²) in [6.45, 7) is 12.0. The van der Waals surface area contributed by atoms with Crippen LogP contribution in [-0.2, 0) is 20.8 Å². The Hall–Kier alpha value is -4.35. The number of phenols is 1. The number of ketones is 3. The maximum absolute atomic E-state index is 14.6. The summed E-state index contributed by atoms with van der Waals surface area (Å²) in [5.74, 6) is 1.16. The summed E-state index contributed by atoms with van der Waals surface area (Å²) in [5, 5.41) is 47.1. The molecule has 0 amide bonds. The number of Topliss-reactive ketones (excluding diaryl/α,β-unsaturated/α-hetero) is 3. The maximum atomic E-state index is 14.6. The van der Waals surface area contributed by atoms with Crippen molar-refractivity contribution in [1.29, 1.82) is 0 Å². The molecule has 0 spiro atoms. The fourth-order valence-corrected chi connectivity index (χ4v) is 8.24. The van der Waals surface area contributed by atoms with Crippen LogP contribution in [0.1, 0.15) is 88.6 Å². The van der Waals surface area contributed by atoms with Crippen LogP contribution in [0.3, 0.4) is 0 Å². The molecule has 0 saturated heterocycles. The van der Waals surface area contributed by atoms with Gasteiger partial charge in [-0.3, -0.25) is 14.4 Å². The Balaban J connectivity index is 1.77. The van der Waals surface area contributed by atoms with E-state index in [1.807, 2.05) is 13.8 Å². The lowest BCUT2D eigenvalue weighted by Gasteiger charge is -2.59. The highest BCUT2D eigenvalue weighted by atomic mass is 16.5. The van der Waals surface area contributed by atoms with E-state index >= 15 is 0 Å². The third-order valence-corrected chi connectivity index (χ3v) is 10.1. The van der Waals surface area contributed by atoms with Gasteiger partial charge in [0.1, 0.15) is 28.6 Å². The Morgan fingerprint density at radius 1 is 1.02 bits per heavy atom. The first-order valence-corrected chi connectivity index (χ1v) is 15.2. The first-order valence-electron chi connectivity index (χ1n) is 15.2. The normalized spacial score (nSPS) is 27.6. The summed E-state index contributed by atoms with van der Waals surface area (Å²) in [7, 11) is 1.57. The van der Waals surface area contributed by atoms with E-state index in [0.29, 0.717) is 16.9 Å². The number of phenolic OH excluding ortho intramolecular Hbond substituents is 1. The first kappa shape index (κ1) is 32.1. The number of aliphatic hydroxyl groups is 3. The molecule has 0 aliphatic heterocycles. The van der Waals surface area contributed by atoms with Gasteiger partial charge in [0, 0.05) is 27.9 Å². The molecule has 1 unspecified atom stereocenters. The lowest BCUT2D eigenvalue weighted by Crippen LogP contribution is -2.69. The van der Waals surface area contributed by atoms with Gasteiger partial charge in [0.05, 0.1) is 18.2 Å². The van der Waals surface area contributed by atoms with Crippen molar-refractivity contribution in [3.63, 3.8) is 0 Å². The molecule has 236 valence electrons. The van der Waals surface area contributed by atoms with Crippen molar-refractivity contribution in [1.82, 2.24) is 0 Å². The predicted molar refractivity (Wildman–Crippen MR) is 169 cm³/mol. The number of carbonyl (C=O) groups is 3. The number of benzene rings is 2. The maximum Gasteiger partial charge on any atom is 0.203 e. The van der Waals surface area contributed by atoms with E-state index in [1.54, 1.807) is 65.1 Å². The largest absolute Gasteiger partial charge is 0.508 e. The molecule has 45 heavy (non-hydrogen) atoms. The average Bonchev–Trinajstić information content (AvgIpc) is 2.94. The molecule has 1 fully saturated rings. The van der Waals surface area contributed by atoms with E-state index in [4.69, 9.17) is 4.74 Å². The number of hydrogen-bond donors (Lipinski definition) is 4. The quantitative estimate of drug-likeness (QED) is 0.254. The van der Waals surface area contributed by atoms with Crippen LogP contribution in [-0.4, -0.2) is 50.5 Å². The minimum Gasteiger partial charge on any atom is -0.508 e. The monoisotopic (exact) mass is 612 g/mol. The molecule has 0 heterocycles. The van der Waals surface area contributed by atoms with Gasteiger partial charge in [0.15, 0.2) is 17.2 Å². The number of aliphatic hydroxyl groups excluding tert-OH is 2. The van der Waals surface area contributed by atoms with E-state index in [1.165, 1.54) is 0 Å². The zero-order valence-electron chi connectivity index (χ0n) is 27.0. The molecule has 0 bridgehead atoms. The third kappa shape index (κ3) is 4.43. The van der Waals surface area contributed by atoms with Crippen LogP contribution in [0, 0.1) is 34.5 Å². The highest BCUT2D eigenvalue weighted by Gasteiger charge is 2.72. The number of ether oxygens (including phenoxy) is 1. The van der Waals surface area contributed by atoms with Crippen LogP contribution in [0.5, 0.6) is 11.5 Å². The van der Waals surface area contributed by atoms with Crippen LogP contribution in [0.2, 0.25) is 0 Å². The molecule has 2 aromatic rings.